The van der Waals surface area contributed by atoms with Crippen LogP contribution in [-0.4, -0.2) is 30.7 Å². The maximum Gasteiger partial charge on any atom is 0.414 e. The monoisotopic (exact) mass is 357 g/mol. The minimum atomic E-state index is -0.632. The van der Waals surface area contributed by atoms with Crippen LogP contribution in [-0.2, 0) is 17.7 Å². The van der Waals surface area contributed by atoms with Gasteiger partial charge in [-0.15, -0.1) is 0 Å². The molecule has 0 N–H and O–H groups in total. The molecule has 2 aliphatic heterocycles. The summed E-state index contributed by atoms with van der Waals surface area (Å²) in [7, 11) is 0. The number of carbonyl (C=O) groups excluding carboxylic acids is 1. The number of rotatable bonds is 3. The van der Waals surface area contributed by atoms with E-state index in [2.05, 4.69) is 0 Å². The standard InChI is InChI=1S/C18H16FN3O4/c19-13-4-5-16(17(10-13)22(24)25)20-7-6-14-12(11-20)2-1-3-15(14)21-8-9-26-18(21)23/h1-5,10H,6-9,11H2. The number of hydrogen-bond acceptors (Lipinski definition) is 5. The maximum atomic E-state index is 13.4. The van der Waals surface area contributed by atoms with Crippen LogP contribution in [0.3, 0.4) is 0 Å². The van der Waals surface area contributed by atoms with Crippen LogP contribution in [0.5, 0.6) is 0 Å². The van der Waals surface area contributed by atoms with Gasteiger partial charge in [0.1, 0.15) is 18.1 Å². The summed E-state index contributed by atoms with van der Waals surface area (Å²) in [6.45, 7) is 1.89. The van der Waals surface area contributed by atoms with Gasteiger partial charge in [0.2, 0.25) is 0 Å². The van der Waals surface area contributed by atoms with Crippen molar-refractivity contribution in [2.75, 3.05) is 29.5 Å². The molecule has 0 aliphatic carbocycles. The molecule has 2 heterocycles. The van der Waals surface area contributed by atoms with Crippen molar-refractivity contribution in [2.45, 2.75) is 13.0 Å². The zero-order chi connectivity index (χ0) is 18.3. The zero-order valence-electron chi connectivity index (χ0n) is 13.9. The predicted octanol–water partition coefficient (Wildman–Crippen LogP) is 3.25. The molecule has 7 nitrogen and oxygen atoms in total. The van der Waals surface area contributed by atoms with E-state index >= 15 is 0 Å². The van der Waals surface area contributed by atoms with Gasteiger partial charge >= 0.3 is 6.09 Å². The summed E-state index contributed by atoms with van der Waals surface area (Å²) in [5.74, 6) is -0.632. The van der Waals surface area contributed by atoms with E-state index in [1.165, 1.54) is 12.1 Å². The van der Waals surface area contributed by atoms with Crippen LogP contribution in [0.25, 0.3) is 0 Å². The summed E-state index contributed by atoms with van der Waals surface area (Å²) in [6, 6.07) is 9.32. The second-order valence-electron chi connectivity index (χ2n) is 6.24. The molecule has 1 saturated heterocycles. The average Bonchev–Trinajstić information content (AvgIpc) is 3.06. The fraction of sp³-hybridized carbons (Fsp3) is 0.278. The normalized spacial score (nSPS) is 16.4. The number of nitro groups is 1. The first kappa shape index (κ1) is 16.3. The molecular formula is C18H16FN3O4. The second kappa shape index (κ2) is 6.29. The van der Waals surface area contributed by atoms with Crippen LogP contribution >= 0.6 is 0 Å². The van der Waals surface area contributed by atoms with Crippen molar-refractivity contribution in [1.29, 1.82) is 0 Å². The third-order valence-corrected chi connectivity index (χ3v) is 4.77. The molecule has 2 aromatic carbocycles. The Hall–Kier alpha value is -3.16. The maximum absolute atomic E-state index is 13.4. The molecule has 2 aromatic rings. The van der Waals surface area contributed by atoms with Crippen LogP contribution in [0.1, 0.15) is 11.1 Å². The fourth-order valence-electron chi connectivity index (χ4n) is 3.57. The lowest BCUT2D eigenvalue weighted by Crippen LogP contribution is -2.33. The first-order valence-electron chi connectivity index (χ1n) is 8.28. The number of ether oxygens (including phenoxy) is 1. The van der Waals surface area contributed by atoms with E-state index in [1.54, 1.807) is 4.90 Å². The topological polar surface area (TPSA) is 75.9 Å². The lowest BCUT2D eigenvalue weighted by atomic mass is 9.96. The first-order chi connectivity index (χ1) is 12.5. The summed E-state index contributed by atoms with van der Waals surface area (Å²) >= 11 is 0. The minimum absolute atomic E-state index is 0.243. The molecular weight excluding hydrogens is 341 g/mol. The number of nitro benzene ring substituents is 1. The molecule has 0 saturated carbocycles. The highest BCUT2D eigenvalue weighted by molar-refractivity contribution is 5.90. The zero-order valence-corrected chi connectivity index (χ0v) is 13.9. The summed E-state index contributed by atoms with van der Waals surface area (Å²) in [4.78, 5) is 26.1. The molecule has 0 aromatic heterocycles. The Morgan fingerprint density at radius 3 is 2.73 bits per heavy atom. The van der Waals surface area contributed by atoms with Crippen molar-refractivity contribution < 1.29 is 18.8 Å². The van der Waals surface area contributed by atoms with Crippen LogP contribution < -0.4 is 9.80 Å². The summed E-state index contributed by atoms with van der Waals surface area (Å²) in [5.41, 5.74) is 3.03. The van der Waals surface area contributed by atoms with Gasteiger partial charge in [-0.2, -0.15) is 0 Å². The Kier molecular flexibility index (Phi) is 3.95. The molecule has 0 radical (unpaired) electrons. The van der Waals surface area contributed by atoms with Gasteiger partial charge in [-0.1, -0.05) is 12.1 Å². The third kappa shape index (κ3) is 2.73. The van der Waals surface area contributed by atoms with Crippen molar-refractivity contribution in [3.8, 4) is 0 Å². The molecule has 0 bridgehead atoms. The molecule has 8 heteroatoms. The summed E-state index contributed by atoms with van der Waals surface area (Å²) in [6.07, 6.45) is 0.277. The van der Waals surface area contributed by atoms with E-state index in [0.29, 0.717) is 38.3 Å². The molecule has 1 fully saturated rings. The highest BCUT2D eigenvalue weighted by Gasteiger charge is 2.30. The van der Waals surface area contributed by atoms with Gasteiger partial charge in [-0.05, 0) is 35.7 Å². The predicted molar refractivity (Wildman–Crippen MR) is 92.9 cm³/mol. The summed E-state index contributed by atoms with van der Waals surface area (Å²) in [5, 5.41) is 11.3. The fourth-order valence-corrected chi connectivity index (χ4v) is 3.57. The Morgan fingerprint density at radius 2 is 2.00 bits per heavy atom. The molecule has 0 unspecified atom stereocenters. The molecule has 1 amide bonds. The quantitative estimate of drug-likeness (QED) is 0.623. The van der Waals surface area contributed by atoms with Gasteiger partial charge in [-0.3, -0.25) is 15.0 Å². The van der Waals surface area contributed by atoms with E-state index in [-0.39, 0.29) is 11.8 Å². The van der Waals surface area contributed by atoms with Crippen molar-refractivity contribution in [3.63, 3.8) is 0 Å². The molecule has 26 heavy (non-hydrogen) atoms. The van der Waals surface area contributed by atoms with Crippen molar-refractivity contribution in [3.05, 3.63) is 63.5 Å². The number of carbonyl (C=O) groups is 1. The third-order valence-electron chi connectivity index (χ3n) is 4.77. The van der Waals surface area contributed by atoms with Crippen LogP contribution in [0.2, 0.25) is 0 Å². The van der Waals surface area contributed by atoms with Crippen molar-refractivity contribution in [2.24, 2.45) is 0 Å². The first-order valence-corrected chi connectivity index (χ1v) is 8.28. The van der Waals surface area contributed by atoms with Gasteiger partial charge < -0.3 is 9.64 Å². The Balaban J connectivity index is 1.68. The van der Waals surface area contributed by atoms with Crippen molar-refractivity contribution >= 4 is 23.2 Å². The van der Waals surface area contributed by atoms with Gasteiger partial charge in [0, 0.05) is 13.1 Å². The van der Waals surface area contributed by atoms with Gasteiger partial charge in [0.05, 0.1) is 23.2 Å². The molecule has 2 aliphatic rings. The molecule has 134 valence electrons. The van der Waals surface area contributed by atoms with E-state index in [0.717, 1.165) is 22.9 Å². The SMILES string of the molecule is O=C1OCCN1c1cccc2c1CCN(c1ccc(F)cc1[N+](=O)[O-])C2. The molecule has 4 rings (SSSR count). The lowest BCUT2D eigenvalue weighted by molar-refractivity contribution is -0.384. The number of nitrogens with zero attached hydrogens (tertiary/aromatic N) is 3. The minimum Gasteiger partial charge on any atom is -0.447 e. The van der Waals surface area contributed by atoms with Crippen LogP contribution in [0, 0.1) is 15.9 Å². The Morgan fingerprint density at radius 1 is 1.15 bits per heavy atom. The number of cyclic esters (lactones) is 1. The number of amides is 1. The number of benzene rings is 2. The van der Waals surface area contributed by atoms with E-state index in [4.69, 9.17) is 4.74 Å². The molecule has 0 atom stereocenters. The van der Waals surface area contributed by atoms with Gasteiger partial charge in [0.15, 0.2) is 0 Å². The second-order valence-corrected chi connectivity index (χ2v) is 6.24. The van der Waals surface area contributed by atoms with E-state index < -0.39 is 10.7 Å². The number of hydrogen-bond donors (Lipinski definition) is 0. The van der Waals surface area contributed by atoms with E-state index in [9.17, 15) is 19.3 Å². The number of fused-ring (bicyclic) bond motifs is 1. The highest BCUT2D eigenvalue weighted by atomic mass is 19.1. The number of anilines is 2. The highest BCUT2D eigenvalue weighted by Crippen LogP contribution is 2.35. The van der Waals surface area contributed by atoms with Gasteiger partial charge in [0.25, 0.3) is 5.69 Å². The largest absolute Gasteiger partial charge is 0.447 e. The average molecular weight is 357 g/mol. The lowest BCUT2D eigenvalue weighted by Gasteiger charge is -2.32. The van der Waals surface area contributed by atoms with E-state index in [1.807, 2.05) is 23.1 Å². The Bertz CT molecular complexity index is 902. The van der Waals surface area contributed by atoms with Gasteiger partial charge in [-0.25, -0.2) is 9.18 Å². The Labute approximate surface area is 148 Å². The smallest absolute Gasteiger partial charge is 0.414 e. The van der Waals surface area contributed by atoms with Crippen LogP contribution in [0.15, 0.2) is 36.4 Å². The number of halogens is 1. The van der Waals surface area contributed by atoms with Crippen LogP contribution in [0.4, 0.5) is 26.2 Å². The van der Waals surface area contributed by atoms with Crippen molar-refractivity contribution in [1.82, 2.24) is 0 Å². The summed E-state index contributed by atoms with van der Waals surface area (Å²) < 4.78 is 18.4. The molecule has 0 spiro atoms.